The number of benzene rings is 2. The number of carbonyl (C=O) groups excluding carboxylic acids is 1. The number of nitrogens with one attached hydrogen (secondary N) is 1. The van der Waals surface area contributed by atoms with Gasteiger partial charge in [-0.2, -0.15) is 10.2 Å². The number of amides is 1. The van der Waals surface area contributed by atoms with Gasteiger partial charge in [-0.1, -0.05) is 42.5 Å². The van der Waals surface area contributed by atoms with Gasteiger partial charge in [0.1, 0.15) is 0 Å². The zero-order valence-electron chi connectivity index (χ0n) is 14.3. The summed E-state index contributed by atoms with van der Waals surface area (Å²) < 4.78 is 1.95. The van der Waals surface area contributed by atoms with Crippen LogP contribution >= 0.6 is 0 Å². The zero-order valence-corrected chi connectivity index (χ0v) is 14.3. The summed E-state index contributed by atoms with van der Waals surface area (Å²) in [5.74, 6) is -0.232. The largest absolute Gasteiger partial charge is 0.271 e. The lowest BCUT2D eigenvalue weighted by atomic mass is 10.1. The molecule has 0 fully saturated rings. The fourth-order valence-corrected chi connectivity index (χ4v) is 2.54. The summed E-state index contributed by atoms with van der Waals surface area (Å²) in [5, 5.41) is 8.43. The van der Waals surface area contributed by atoms with Crippen LogP contribution in [0.25, 0.3) is 0 Å². The molecule has 0 atom stereocenters. The topological polar surface area (TPSA) is 59.3 Å². The van der Waals surface area contributed by atoms with Gasteiger partial charge in [-0.3, -0.25) is 9.48 Å². The lowest BCUT2D eigenvalue weighted by Crippen LogP contribution is -2.17. The van der Waals surface area contributed by atoms with Crippen molar-refractivity contribution in [2.75, 3.05) is 0 Å². The molecule has 0 radical (unpaired) electrons. The summed E-state index contributed by atoms with van der Waals surface area (Å²) in [5.41, 5.74) is 7.26. The molecule has 1 aromatic heterocycles. The monoisotopic (exact) mass is 332 g/mol. The Morgan fingerprint density at radius 1 is 1.12 bits per heavy atom. The van der Waals surface area contributed by atoms with Gasteiger partial charge < -0.3 is 0 Å². The van der Waals surface area contributed by atoms with Crippen LogP contribution in [0.1, 0.15) is 32.9 Å². The van der Waals surface area contributed by atoms with E-state index in [1.165, 1.54) is 0 Å². The van der Waals surface area contributed by atoms with E-state index in [9.17, 15) is 4.79 Å². The predicted octanol–water partition coefficient (Wildman–Crippen LogP) is 3.31. The van der Waals surface area contributed by atoms with E-state index < -0.39 is 0 Å². The summed E-state index contributed by atoms with van der Waals surface area (Å²) in [6.45, 7) is 4.70. The first-order chi connectivity index (χ1) is 12.1. The summed E-state index contributed by atoms with van der Waals surface area (Å²) in [6, 6.07) is 19.1. The standard InChI is InChI=1S/C20H20N4O/c1-15-12-16(2)24(23-15)14-18-8-10-19(11-9-18)20(25)22-21-13-17-6-4-3-5-7-17/h3-13H,14H2,1-2H3,(H,22,25). The number of rotatable bonds is 5. The van der Waals surface area contributed by atoms with Gasteiger partial charge in [0.25, 0.3) is 5.91 Å². The third-order valence-electron chi connectivity index (χ3n) is 3.83. The summed E-state index contributed by atoms with van der Waals surface area (Å²) in [4.78, 5) is 12.1. The van der Waals surface area contributed by atoms with Gasteiger partial charge in [0.2, 0.25) is 0 Å². The average molecular weight is 332 g/mol. The molecule has 25 heavy (non-hydrogen) atoms. The molecule has 0 bridgehead atoms. The van der Waals surface area contributed by atoms with Crippen LogP contribution in [0.3, 0.4) is 0 Å². The van der Waals surface area contributed by atoms with E-state index >= 15 is 0 Å². The fraction of sp³-hybridized carbons (Fsp3) is 0.150. The number of hydrogen-bond acceptors (Lipinski definition) is 3. The highest BCUT2D eigenvalue weighted by Gasteiger charge is 2.06. The summed E-state index contributed by atoms with van der Waals surface area (Å²) in [7, 11) is 0. The molecule has 5 heteroatoms. The van der Waals surface area contributed by atoms with Crippen molar-refractivity contribution in [1.29, 1.82) is 0 Å². The van der Waals surface area contributed by atoms with E-state index in [-0.39, 0.29) is 5.91 Å². The SMILES string of the molecule is Cc1cc(C)n(Cc2ccc(C(=O)NN=Cc3ccccc3)cc2)n1. The van der Waals surface area contributed by atoms with E-state index in [2.05, 4.69) is 15.6 Å². The number of carbonyl (C=O) groups is 1. The first-order valence-corrected chi connectivity index (χ1v) is 8.10. The van der Waals surface area contributed by atoms with E-state index in [0.717, 1.165) is 22.5 Å². The average Bonchev–Trinajstić information content (AvgIpc) is 2.93. The number of hydrazone groups is 1. The van der Waals surface area contributed by atoms with Crippen LogP contribution in [0.2, 0.25) is 0 Å². The Hall–Kier alpha value is -3.21. The molecule has 0 aliphatic carbocycles. The van der Waals surface area contributed by atoms with Crippen molar-refractivity contribution in [3.63, 3.8) is 0 Å². The van der Waals surface area contributed by atoms with Gasteiger partial charge in [-0.05, 0) is 43.2 Å². The maximum absolute atomic E-state index is 12.1. The fourth-order valence-electron chi connectivity index (χ4n) is 2.54. The molecule has 3 aromatic rings. The van der Waals surface area contributed by atoms with Gasteiger partial charge in [0, 0.05) is 11.3 Å². The van der Waals surface area contributed by atoms with Crippen molar-refractivity contribution in [1.82, 2.24) is 15.2 Å². The Morgan fingerprint density at radius 2 is 1.84 bits per heavy atom. The van der Waals surface area contributed by atoms with E-state index in [1.54, 1.807) is 18.3 Å². The number of hydrogen-bond donors (Lipinski definition) is 1. The second-order valence-corrected chi connectivity index (χ2v) is 5.89. The minimum atomic E-state index is -0.232. The van der Waals surface area contributed by atoms with Crippen LogP contribution in [0, 0.1) is 13.8 Å². The third-order valence-corrected chi connectivity index (χ3v) is 3.83. The van der Waals surface area contributed by atoms with Crippen molar-refractivity contribution >= 4 is 12.1 Å². The molecule has 5 nitrogen and oxygen atoms in total. The molecule has 0 unspecified atom stereocenters. The molecule has 0 aliphatic rings. The maximum atomic E-state index is 12.1. The number of aryl methyl sites for hydroxylation is 2. The third kappa shape index (κ3) is 4.41. The van der Waals surface area contributed by atoms with Crippen LogP contribution in [-0.2, 0) is 6.54 Å². The summed E-state index contributed by atoms with van der Waals surface area (Å²) >= 11 is 0. The van der Waals surface area contributed by atoms with Gasteiger partial charge >= 0.3 is 0 Å². The Balaban J connectivity index is 1.60. The predicted molar refractivity (Wildman–Crippen MR) is 98.7 cm³/mol. The molecule has 3 rings (SSSR count). The van der Waals surface area contributed by atoms with Gasteiger partial charge in [0.05, 0.1) is 18.5 Å². The Bertz CT molecular complexity index is 880. The highest BCUT2D eigenvalue weighted by atomic mass is 16.2. The molecule has 0 aliphatic heterocycles. The number of nitrogens with zero attached hydrogens (tertiary/aromatic N) is 3. The van der Waals surface area contributed by atoms with Crippen LogP contribution in [0.5, 0.6) is 0 Å². The molecule has 0 spiro atoms. The van der Waals surface area contributed by atoms with Gasteiger partial charge in [-0.15, -0.1) is 0 Å². The lowest BCUT2D eigenvalue weighted by Gasteiger charge is -2.06. The maximum Gasteiger partial charge on any atom is 0.271 e. The minimum Gasteiger partial charge on any atom is -0.267 e. The van der Waals surface area contributed by atoms with Crippen molar-refractivity contribution < 1.29 is 4.79 Å². The molecule has 2 aromatic carbocycles. The molecule has 0 saturated carbocycles. The number of aromatic nitrogens is 2. The zero-order chi connectivity index (χ0) is 17.6. The van der Waals surface area contributed by atoms with Crippen LogP contribution in [-0.4, -0.2) is 21.9 Å². The molecular weight excluding hydrogens is 312 g/mol. The smallest absolute Gasteiger partial charge is 0.267 e. The molecule has 1 heterocycles. The van der Waals surface area contributed by atoms with Gasteiger partial charge in [0.15, 0.2) is 0 Å². The quantitative estimate of drug-likeness (QED) is 0.575. The van der Waals surface area contributed by atoms with E-state index in [0.29, 0.717) is 12.1 Å². The summed E-state index contributed by atoms with van der Waals surface area (Å²) in [6.07, 6.45) is 1.62. The Kier molecular flexibility index (Phi) is 5.04. The van der Waals surface area contributed by atoms with E-state index in [1.807, 2.05) is 67.1 Å². The molecule has 1 N–H and O–H groups in total. The van der Waals surface area contributed by atoms with Crippen molar-refractivity contribution in [2.24, 2.45) is 5.10 Å². The molecular formula is C20H20N4O. The highest BCUT2D eigenvalue weighted by molar-refractivity contribution is 5.94. The van der Waals surface area contributed by atoms with E-state index in [4.69, 9.17) is 0 Å². The van der Waals surface area contributed by atoms with Crippen LogP contribution in [0.15, 0.2) is 65.8 Å². The second kappa shape index (κ2) is 7.57. The van der Waals surface area contributed by atoms with Crippen molar-refractivity contribution in [3.8, 4) is 0 Å². The first kappa shape index (κ1) is 16.6. The van der Waals surface area contributed by atoms with Crippen molar-refractivity contribution in [3.05, 3.63) is 88.7 Å². The minimum absolute atomic E-state index is 0.232. The molecule has 1 amide bonds. The highest BCUT2D eigenvalue weighted by Crippen LogP contribution is 2.09. The Morgan fingerprint density at radius 3 is 2.48 bits per heavy atom. The first-order valence-electron chi connectivity index (χ1n) is 8.10. The van der Waals surface area contributed by atoms with Crippen LogP contribution in [0.4, 0.5) is 0 Å². The van der Waals surface area contributed by atoms with Crippen molar-refractivity contribution in [2.45, 2.75) is 20.4 Å². The molecule has 126 valence electrons. The Labute approximate surface area is 147 Å². The lowest BCUT2D eigenvalue weighted by molar-refractivity contribution is 0.0955. The normalized spacial score (nSPS) is 11.0. The van der Waals surface area contributed by atoms with Crippen LogP contribution < -0.4 is 5.43 Å². The van der Waals surface area contributed by atoms with Gasteiger partial charge in [-0.25, -0.2) is 5.43 Å². The molecule has 0 saturated heterocycles. The second-order valence-electron chi connectivity index (χ2n) is 5.89.